The smallest absolute Gasteiger partial charge is 0.00264 e. The van der Waals surface area contributed by atoms with Gasteiger partial charge in [0.1, 0.15) is 0 Å². The number of hydrogen-bond donors (Lipinski definition) is 0. The highest BCUT2D eigenvalue weighted by atomic mass is 14.2. The summed E-state index contributed by atoms with van der Waals surface area (Å²) in [5, 5.41) is 7.65. The number of hydrogen-bond acceptors (Lipinski definition) is 0. The first kappa shape index (κ1) is 25.9. The van der Waals surface area contributed by atoms with Crippen LogP contribution in [0, 0.1) is 0 Å². The highest BCUT2D eigenvalue weighted by Gasteiger charge is 2.16. The highest BCUT2D eigenvalue weighted by molar-refractivity contribution is 6.21. The summed E-state index contributed by atoms with van der Waals surface area (Å²) in [6, 6.07) is 61.3. The van der Waals surface area contributed by atoms with Crippen LogP contribution >= 0.6 is 0 Å². The van der Waals surface area contributed by atoms with Gasteiger partial charge in [-0.2, -0.15) is 0 Å². The maximum absolute atomic E-state index is 2.27. The Hall–Kier alpha value is -5.72. The molecule has 44 heavy (non-hydrogen) atoms. The Labute approximate surface area is 258 Å². The molecule has 0 aliphatic carbocycles. The van der Waals surface area contributed by atoms with Gasteiger partial charge in [-0.1, -0.05) is 182 Å². The molecule has 8 rings (SSSR count). The zero-order valence-electron chi connectivity index (χ0n) is 24.3. The summed E-state index contributed by atoms with van der Waals surface area (Å²) in [5.74, 6) is 0. The molecule has 0 amide bonds. The van der Waals surface area contributed by atoms with Gasteiger partial charge in [-0.3, -0.25) is 0 Å². The lowest BCUT2D eigenvalue weighted by Gasteiger charge is -2.17. The van der Waals surface area contributed by atoms with Crippen LogP contribution in [0.3, 0.4) is 0 Å². The van der Waals surface area contributed by atoms with Gasteiger partial charge >= 0.3 is 0 Å². The van der Waals surface area contributed by atoms with Crippen molar-refractivity contribution in [2.75, 3.05) is 0 Å². The summed E-state index contributed by atoms with van der Waals surface area (Å²) in [7, 11) is 0. The Morgan fingerprint density at radius 2 is 0.705 bits per heavy atom. The van der Waals surface area contributed by atoms with Crippen molar-refractivity contribution < 1.29 is 0 Å². The summed E-state index contributed by atoms with van der Waals surface area (Å²) in [4.78, 5) is 0. The molecule has 0 N–H and O–H groups in total. The average Bonchev–Trinajstić information content (AvgIpc) is 3.10. The molecule has 0 aliphatic heterocycles. The van der Waals surface area contributed by atoms with Gasteiger partial charge < -0.3 is 0 Å². The fraction of sp³-hybridized carbons (Fsp3) is 0. The second-order valence-electron chi connectivity index (χ2n) is 11.3. The molecular weight excluding hydrogens is 528 g/mol. The lowest BCUT2D eigenvalue weighted by molar-refractivity contribution is 1.63. The molecule has 0 atom stereocenters. The SMILES string of the molecule is C(=Cc1ccc(-c2ccccc2)c2ccccc12)c1ccc(-c2c3ccccc3c(-c3ccccc3)c3ccccc23)cc1. The minimum absolute atomic E-state index is 1.18. The number of benzene rings is 8. The van der Waals surface area contributed by atoms with E-state index >= 15 is 0 Å². The topological polar surface area (TPSA) is 0 Å². The van der Waals surface area contributed by atoms with Gasteiger partial charge in [0, 0.05) is 0 Å². The molecule has 0 heteroatoms. The fourth-order valence-corrected chi connectivity index (χ4v) is 6.64. The van der Waals surface area contributed by atoms with E-state index in [1.807, 2.05) is 0 Å². The molecule has 0 unspecified atom stereocenters. The van der Waals surface area contributed by atoms with E-state index in [0.717, 1.165) is 0 Å². The van der Waals surface area contributed by atoms with Crippen molar-refractivity contribution in [3.63, 3.8) is 0 Å². The van der Waals surface area contributed by atoms with Crippen molar-refractivity contribution in [2.45, 2.75) is 0 Å². The largest absolute Gasteiger partial charge is 0.0622 e. The lowest BCUT2D eigenvalue weighted by atomic mass is 9.86. The van der Waals surface area contributed by atoms with Crippen molar-refractivity contribution >= 4 is 44.5 Å². The first-order chi connectivity index (χ1) is 21.8. The van der Waals surface area contributed by atoms with Gasteiger partial charge in [0.25, 0.3) is 0 Å². The third-order valence-corrected chi connectivity index (χ3v) is 8.69. The van der Waals surface area contributed by atoms with E-state index in [1.165, 1.54) is 76.8 Å². The molecule has 8 aromatic rings. The van der Waals surface area contributed by atoms with Crippen molar-refractivity contribution in [3.05, 3.63) is 181 Å². The fourth-order valence-electron chi connectivity index (χ4n) is 6.64. The molecule has 0 radical (unpaired) electrons. The summed E-state index contributed by atoms with van der Waals surface area (Å²) in [6.07, 6.45) is 4.47. The second-order valence-corrected chi connectivity index (χ2v) is 11.3. The maximum atomic E-state index is 2.27. The van der Waals surface area contributed by atoms with Crippen LogP contribution in [0.1, 0.15) is 11.1 Å². The Bertz CT molecular complexity index is 2230. The van der Waals surface area contributed by atoms with Crippen LogP contribution in [-0.4, -0.2) is 0 Å². The van der Waals surface area contributed by atoms with E-state index in [0.29, 0.717) is 0 Å². The monoisotopic (exact) mass is 558 g/mol. The van der Waals surface area contributed by atoms with E-state index in [4.69, 9.17) is 0 Å². The van der Waals surface area contributed by atoms with Crippen LogP contribution in [0.15, 0.2) is 170 Å². The molecule has 0 fully saturated rings. The van der Waals surface area contributed by atoms with E-state index in [2.05, 4.69) is 182 Å². The highest BCUT2D eigenvalue weighted by Crippen LogP contribution is 2.43. The molecule has 0 spiro atoms. The molecule has 206 valence electrons. The van der Waals surface area contributed by atoms with Crippen molar-refractivity contribution in [1.29, 1.82) is 0 Å². The third kappa shape index (κ3) is 4.58. The average molecular weight is 559 g/mol. The Morgan fingerprint density at radius 3 is 1.25 bits per heavy atom. The molecule has 0 nitrogen and oxygen atoms in total. The van der Waals surface area contributed by atoms with Crippen LogP contribution in [0.4, 0.5) is 0 Å². The molecule has 8 aromatic carbocycles. The summed E-state index contributed by atoms with van der Waals surface area (Å²) >= 11 is 0. The second kappa shape index (κ2) is 11.2. The van der Waals surface area contributed by atoms with Gasteiger partial charge in [0.05, 0.1) is 0 Å². The summed E-state index contributed by atoms with van der Waals surface area (Å²) in [6.45, 7) is 0. The molecule has 0 saturated carbocycles. The maximum Gasteiger partial charge on any atom is -0.00264 e. The lowest BCUT2D eigenvalue weighted by Crippen LogP contribution is -1.90. The van der Waals surface area contributed by atoms with E-state index in [-0.39, 0.29) is 0 Å². The van der Waals surface area contributed by atoms with Crippen molar-refractivity contribution in [2.24, 2.45) is 0 Å². The van der Waals surface area contributed by atoms with Gasteiger partial charge in [0.15, 0.2) is 0 Å². The predicted octanol–water partition coefficient (Wildman–Crippen LogP) is 12.3. The van der Waals surface area contributed by atoms with Crippen molar-refractivity contribution in [1.82, 2.24) is 0 Å². The molecule has 0 bridgehead atoms. The number of rotatable bonds is 5. The van der Waals surface area contributed by atoms with Crippen LogP contribution in [0.5, 0.6) is 0 Å². The van der Waals surface area contributed by atoms with Crippen LogP contribution in [0.2, 0.25) is 0 Å². The van der Waals surface area contributed by atoms with Gasteiger partial charge in [-0.05, 0) is 76.8 Å². The quantitative estimate of drug-likeness (QED) is 0.146. The van der Waals surface area contributed by atoms with Gasteiger partial charge in [-0.25, -0.2) is 0 Å². The third-order valence-electron chi connectivity index (χ3n) is 8.69. The van der Waals surface area contributed by atoms with Crippen molar-refractivity contribution in [3.8, 4) is 33.4 Å². The van der Waals surface area contributed by atoms with Gasteiger partial charge in [-0.15, -0.1) is 0 Å². The number of fused-ring (bicyclic) bond motifs is 3. The summed E-state index contributed by atoms with van der Waals surface area (Å²) < 4.78 is 0. The summed E-state index contributed by atoms with van der Waals surface area (Å²) in [5.41, 5.74) is 9.96. The molecule has 0 saturated heterocycles. The molecule has 0 aliphatic rings. The minimum Gasteiger partial charge on any atom is -0.0622 e. The first-order valence-electron chi connectivity index (χ1n) is 15.2. The minimum atomic E-state index is 1.18. The van der Waals surface area contributed by atoms with E-state index in [9.17, 15) is 0 Å². The normalized spacial score (nSPS) is 11.5. The Balaban J connectivity index is 1.20. The first-order valence-corrected chi connectivity index (χ1v) is 15.2. The van der Waals surface area contributed by atoms with Gasteiger partial charge in [0.2, 0.25) is 0 Å². The molecule has 0 aromatic heterocycles. The standard InChI is InChI=1S/C44H30/c1-3-13-32(14-4-1)37-30-29-33(36-17-7-8-18-38(36)37)26-23-31-24-27-35(28-25-31)44-41-21-11-9-19-39(41)43(34-15-5-2-6-16-34)40-20-10-12-22-42(40)44/h1-30H. The van der Waals surface area contributed by atoms with Crippen LogP contribution in [0.25, 0.3) is 77.9 Å². The Morgan fingerprint density at radius 1 is 0.273 bits per heavy atom. The van der Waals surface area contributed by atoms with E-state index in [1.54, 1.807) is 0 Å². The van der Waals surface area contributed by atoms with Crippen LogP contribution in [-0.2, 0) is 0 Å². The molecule has 0 heterocycles. The zero-order valence-corrected chi connectivity index (χ0v) is 24.3. The van der Waals surface area contributed by atoms with Crippen LogP contribution < -0.4 is 0 Å². The van der Waals surface area contributed by atoms with E-state index < -0.39 is 0 Å². The predicted molar refractivity (Wildman–Crippen MR) is 191 cm³/mol. The molecular formula is C44H30. The Kier molecular flexibility index (Phi) is 6.59. The zero-order chi connectivity index (χ0) is 29.3.